The second-order valence-corrected chi connectivity index (χ2v) is 13.5. The van der Waals surface area contributed by atoms with Crippen LogP contribution >= 0.6 is 35.3 Å². The van der Waals surface area contributed by atoms with Crippen molar-refractivity contribution in [3.05, 3.63) is 0 Å². The molecule has 2 spiro atoms. The lowest BCUT2D eigenvalue weighted by Gasteiger charge is -2.48. The number of rotatable bonds is 10. The van der Waals surface area contributed by atoms with Gasteiger partial charge in [-0.05, 0) is 11.5 Å². The van der Waals surface area contributed by atoms with Crippen LogP contribution in [0.3, 0.4) is 0 Å². The summed E-state index contributed by atoms with van der Waals surface area (Å²) in [5.41, 5.74) is 0. The molecule has 5 aliphatic rings. The lowest BCUT2D eigenvalue weighted by molar-refractivity contribution is -0.238. The molecule has 0 unspecified atom stereocenters. The summed E-state index contributed by atoms with van der Waals surface area (Å²) in [7, 11) is 3.23. The number of Topliss-reactive ketones (excluding diaryl/α,β-unsaturated/α-hetero) is 1. The maximum Gasteiger partial charge on any atom is 0.175 e. The number of hydrogen-bond donors (Lipinski definition) is 0. The molecule has 0 N–H and O–H groups in total. The Labute approximate surface area is 232 Å². The molecular weight excluding hydrogens is 540 g/mol. The zero-order valence-corrected chi connectivity index (χ0v) is 24.2. The Morgan fingerprint density at radius 1 is 0.730 bits per heavy atom. The van der Waals surface area contributed by atoms with Crippen LogP contribution in [0.5, 0.6) is 0 Å². The Hall–Kier alpha value is 0.400. The standard InChI is InChI=1S/C25H40O9S3/c1-27-15-29-22(19-13-35-9-3-24(19)31-5-6-32-24)17-11-37-12-18(21(17)26)23(30-16-28-2)20-14-36-10-4-25(20)33-7-8-34-25/h17-20,22-23H,3-16H2,1-2H3/t17-,18+,19-,20+,22+,23-. The molecule has 0 aromatic heterocycles. The van der Waals surface area contributed by atoms with E-state index in [2.05, 4.69) is 0 Å². The van der Waals surface area contributed by atoms with Crippen LogP contribution in [-0.4, -0.2) is 118 Å². The van der Waals surface area contributed by atoms with Crippen LogP contribution in [0, 0.1) is 23.7 Å². The monoisotopic (exact) mass is 580 g/mol. The molecule has 5 aliphatic heterocycles. The highest BCUT2D eigenvalue weighted by Crippen LogP contribution is 2.48. The van der Waals surface area contributed by atoms with E-state index in [4.69, 9.17) is 37.9 Å². The molecule has 0 amide bonds. The zero-order valence-electron chi connectivity index (χ0n) is 21.8. The number of thioether (sulfide) groups is 3. The third-order valence-corrected chi connectivity index (χ3v) is 11.5. The minimum atomic E-state index is -0.691. The molecule has 5 rings (SSSR count). The van der Waals surface area contributed by atoms with Crippen LogP contribution in [0.1, 0.15) is 12.8 Å². The van der Waals surface area contributed by atoms with Crippen molar-refractivity contribution in [1.82, 2.24) is 0 Å². The van der Waals surface area contributed by atoms with E-state index in [9.17, 15) is 4.79 Å². The van der Waals surface area contributed by atoms with Crippen molar-refractivity contribution in [3.8, 4) is 0 Å². The van der Waals surface area contributed by atoms with E-state index < -0.39 is 11.6 Å². The molecule has 0 radical (unpaired) electrons. The number of carbonyl (C=O) groups is 1. The van der Waals surface area contributed by atoms with Crippen molar-refractivity contribution in [2.45, 2.75) is 36.6 Å². The molecule has 0 bridgehead atoms. The van der Waals surface area contributed by atoms with Crippen LogP contribution in [0.4, 0.5) is 0 Å². The van der Waals surface area contributed by atoms with Gasteiger partial charge in [0.15, 0.2) is 11.6 Å². The first-order valence-electron chi connectivity index (χ1n) is 13.2. The summed E-state index contributed by atoms with van der Waals surface area (Å²) in [4.78, 5) is 14.4. The minimum absolute atomic E-state index is 0.0615. The van der Waals surface area contributed by atoms with Gasteiger partial charge in [-0.25, -0.2) is 0 Å². The number of carbonyl (C=O) groups excluding carboxylic acids is 1. The van der Waals surface area contributed by atoms with Crippen LogP contribution in [-0.2, 0) is 42.7 Å². The van der Waals surface area contributed by atoms with E-state index in [1.165, 1.54) is 0 Å². The van der Waals surface area contributed by atoms with Crippen molar-refractivity contribution in [2.75, 3.05) is 88.8 Å². The summed E-state index contributed by atoms with van der Waals surface area (Å²) >= 11 is 5.53. The summed E-state index contributed by atoms with van der Waals surface area (Å²) in [6.45, 7) is 2.53. The van der Waals surface area contributed by atoms with Gasteiger partial charge in [-0.3, -0.25) is 4.79 Å². The van der Waals surface area contributed by atoms with Crippen LogP contribution in [0.25, 0.3) is 0 Å². The van der Waals surface area contributed by atoms with Crippen molar-refractivity contribution >= 4 is 41.1 Å². The van der Waals surface area contributed by atoms with Gasteiger partial charge in [0.2, 0.25) is 0 Å². The Bertz CT molecular complexity index is 689. The van der Waals surface area contributed by atoms with Gasteiger partial charge in [0.1, 0.15) is 19.4 Å². The summed E-state index contributed by atoms with van der Waals surface area (Å²) < 4.78 is 48.2. The SMILES string of the molecule is COCO[C@H]([C@H]1CSC[C@@H]([C@H](OCOC)[C@H]2CSCCC23OCCO3)C1=O)[C@@H]1CSCCC12OCCO2. The molecule has 212 valence electrons. The van der Waals surface area contributed by atoms with Crippen molar-refractivity contribution < 1.29 is 42.7 Å². The maximum atomic E-state index is 14.4. The van der Waals surface area contributed by atoms with E-state index in [0.717, 1.165) is 35.9 Å². The Balaban J connectivity index is 1.41. The fourth-order valence-corrected chi connectivity index (χ4v) is 10.4. The van der Waals surface area contributed by atoms with Gasteiger partial charge in [-0.1, -0.05) is 0 Å². The molecule has 12 heteroatoms. The molecule has 0 aromatic carbocycles. The molecule has 0 aliphatic carbocycles. The zero-order chi connectivity index (χ0) is 25.7. The Morgan fingerprint density at radius 3 is 1.57 bits per heavy atom. The topological polar surface area (TPSA) is 90.9 Å². The van der Waals surface area contributed by atoms with Crippen LogP contribution in [0.2, 0.25) is 0 Å². The lowest BCUT2D eigenvalue weighted by atomic mass is 9.76. The number of hydrogen-bond acceptors (Lipinski definition) is 12. The summed E-state index contributed by atoms with van der Waals surface area (Å²) in [5, 5.41) is 0. The molecule has 0 aromatic rings. The highest BCUT2D eigenvalue weighted by Gasteiger charge is 2.57. The smallest absolute Gasteiger partial charge is 0.175 e. The third-order valence-electron chi connectivity index (χ3n) is 8.14. The molecule has 6 atom stereocenters. The minimum Gasteiger partial charge on any atom is -0.359 e. The van der Waals surface area contributed by atoms with Crippen LogP contribution in [0.15, 0.2) is 0 Å². The number of methoxy groups -OCH3 is 2. The van der Waals surface area contributed by atoms with E-state index in [1.54, 1.807) is 26.0 Å². The molecule has 37 heavy (non-hydrogen) atoms. The molecule has 5 heterocycles. The molecule has 0 saturated carbocycles. The van der Waals surface area contributed by atoms with Gasteiger partial charge in [-0.2, -0.15) is 35.3 Å². The van der Waals surface area contributed by atoms with E-state index in [1.807, 2.05) is 23.5 Å². The van der Waals surface area contributed by atoms with Gasteiger partial charge in [-0.15, -0.1) is 0 Å². The summed E-state index contributed by atoms with van der Waals surface area (Å²) in [6.07, 6.45) is 0.849. The van der Waals surface area contributed by atoms with Crippen molar-refractivity contribution in [2.24, 2.45) is 23.7 Å². The van der Waals surface area contributed by atoms with Gasteiger partial charge in [0.05, 0.1) is 50.5 Å². The fourth-order valence-electron chi connectivity index (χ4n) is 6.42. The first-order valence-corrected chi connectivity index (χ1v) is 16.6. The average molecular weight is 581 g/mol. The summed E-state index contributed by atoms with van der Waals surface area (Å²) in [6, 6.07) is 0. The Morgan fingerprint density at radius 2 is 1.16 bits per heavy atom. The van der Waals surface area contributed by atoms with Gasteiger partial charge >= 0.3 is 0 Å². The number of ketones is 1. The van der Waals surface area contributed by atoms with Gasteiger partial charge in [0.25, 0.3) is 0 Å². The largest absolute Gasteiger partial charge is 0.359 e. The average Bonchev–Trinajstić information content (AvgIpc) is 3.58. The van der Waals surface area contributed by atoms with E-state index in [-0.39, 0.29) is 55.2 Å². The van der Waals surface area contributed by atoms with E-state index >= 15 is 0 Å². The third kappa shape index (κ3) is 6.05. The lowest BCUT2D eigenvalue weighted by Crippen LogP contribution is -2.58. The highest BCUT2D eigenvalue weighted by atomic mass is 32.2. The second-order valence-electron chi connectivity index (χ2n) is 10.1. The first-order chi connectivity index (χ1) is 18.1. The molecule has 5 saturated heterocycles. The number of ether oxygens (including phenoxy) is 8. The predicted octanol–water partition coefficient (Wildman–Crippen LogP) is 2.51. The Kier molecular flexibility index (Phi) is 10.5. The van der Waals surface area contributed by atoms with Gasteiger partial charge in [0, 0.05) is 61.9 Å². The first kappa shape index (κ1) is 28.9. The fraction of sp³-hybridized carbons (Fsp3) is 0.960. The van der Waals surface area contributed by atoms with E-state index in [0.29, 0.717) is 37.9 Å². The van der Waals surface area contributed by atoms with Crippen molar-refractivity contribution in [1.29, 1.82) is 0 Å². The van der Waals surface area contributed by atoms with Gasteiger partial charge < -0.3 is 37.9 Å². The summed E-state index contributed by atoms with van der Waals surface area (Å²) in [5.74, 6) is 2.99. The maximum absolute atomic E-state index is 14.4. The molecule has 5 fully saturated rings. The molecular formula is C25H40O9S3. The highest BCUT2D eigenvalue weighted by molar-refractivity contribution is 7.99. The second kappa shape index (κ2) is 13.4. The normalized spacial score (nSPS) is 35.2. The quantitative estimate of drug-likeness (QED) is 0.356. The predicted molar refractivity (Wildman–Crippen MR) is 143 cm³/mol. The molecule has 9 nitrogen and oxygen atoms in total. The van der Waals surface area contributed by atoms with Crippen LogP contribution < -0.4 is 0 Å². The van der Waals surface area contributed by atoms with Crippen molar-refractivity contribution in [3.63, 3.8) is 0 Å².